The summed E-state index contributed by atoms with van der Waals surface area (Å²) in [5, 5.41) is 5.87. The normalized spacial score (nSPS) is 11.8. The lowest BCUT2D eigenvalue weighted by Gasteiger charge is -2.11. The largest absolute Gasteiger partial charge is 0.494 e. The molecular formula is C20H21N3O3S2. The smallest absolute Gasteiger partial charge is 0.239 e. The Hall–Kier alpha value is -2.58. The van der Waals surface area contributed by atoms with Gasteiger partial charge in [-0.1, -0.05) is 17.4 Å². The molecule has 28 heavy (non-hydrogen) atoms. The molecule has 0 aliphatic rings. The van der Waals surface area contributed by atoms with Crippen LogP contribution in [0.3, 0.4) is 0 Å². The molecule has 2 amide bonds. The first kappa shape index (κ1) is 20.2. The number of carbonyl (C=O) groups excluding carboxylic acids is 2. The average molecular weight is 416 g/mol. The second-order valence-electron chi connectivity index (χ2n) is 6.04. The van der Waals surface area contributed by atoms with E-state index in [-0.39, 0.29) is 17.1 Å². The first-order valence-corrected chi connectivity index (χ1v) is 10.5. The van der Waals surface area contributed by atoms with E-state index in [4.69, 9.17) is 4.74 Å². The lowest BCUT2D eigenvalue weighted by atomic mass is 10.3. The molecule has 146 valence electrons. The van der Waals surface area contributed by atoms with E-state index in [0.29, 0.717) is 17.4 Å². The fourth-order valence-corrected chi connectivity index (χ4v) is 4.35. The average Bonchev–Trinajstić information content (AvgIpc) is 3.03. The summed E-state index contributed by atoms with van der Waals surface area (Å²) in [5.74, 6) is 0.537. The molecule has 0 bridgehead atoms. The van der Waals surface area contributed by atoms with Crippen LogP contribution < -0.4 is 15.4 Å². The number of nitrogens with one attached hydrogen (secondary N) is 2. The van der Waals surface area contributed by atoms with Gasteiger partial charge in [0.25, 0.3) is 0 Å². The number of thiazole rings is 1. The second-order valence-corrected chi connectivity index (χ2v) is 8.48. The van der Waals surface area contributed by atoms with Crippen molar-refractivity contribution >= 4 is 55.9 Å². The molecular weight excluding hydrogens is 394 g/mol. The molecule has 0 spiro atoms. The predicted octanol–water partition coefficient (Wildman–Crippen LogP) is 4.77. The molecule has 0 aliphatic carbocycles. The van der Waals surface area contributed by atoms with Gasteiger partial charge in [0.05, 0.1) is 22.1 Å². The summed E-state index contributed by atoms with van der Waals surface area (Å²) in [6, 6.07) is 13.1. The van der Waals surface area contributed by atoms with Crippen molar-refractivity contribution < 1.29 is 14.3 Å². The van der Waals surface area contributed by atoms with E-state index in [1.165, 1.54) is 30.0 Å². The number of aromatic nitrogens is 1. The standard InChI is InChI=1S/C20H21N3O3S2/c1-4-26-15-8-9-17-18(11-15)28-20(22-17)23-19(25)12(2)27-16-7-5-6-14(10-16)21-13(3)24/h5-12H,4H2,1-3H3,(H,21,24)(H,22,23,25). The summed E-state index contributed by atoms with van der Waals surface area (Å²) in [6.07, 6.45) is 0. The number of carbonyl (C=O) groups is 2. The zero-order valence-corrected chi connectivity index (χ0v) is 17.4. The third-order valence-electron chi connectivity index (χ3n) is 3.74. The van der Waals surface area contributed by atoms with Gasteiger partial charge in [0.15, 0.2) is 5.13 Å². The number of fused-ring (bicyclic) bond motifs is 1. The molecule has 0 aliphatic heterocycles. The number of anilines is 2. The third-order valence-corrected chi connectivity index (χ3v) is 5.76. The van der Waals surface area contributed by atoms with E-state index in [9.17, 15) is 9.59 Å². The maximum absolute atomic E-state index is 12.6. The monoisotopic (exact) mass is 415 g/mol. The van der Waals surface area contributed by atoms with Crippen molar-refractivity contribution in [3.8, 4) is 5.75 Å². The van der Waals surface area contributed by atoms with Crippen molar-refractivity contribution in [3.05, 3.63) is 42.5 Å². The molecule has 0 fully saturated rings. The van der Waals surface area contributed by atoms with E-state index in [1.807, 2.05) is 56.3 Å². The van der Waals surface area contributed by atoms with E-state index in [2.05, 4.69) is 15.6 Å². The molecule has 8 heteroatoms. The van der Waals surface area contributed by atoms with Crippen LogP contribution in [0.15, 0.2) is 47.4 Å². The predicted molar refractivity (Wildman–Crippen MR) is 115 cm³/mol. The van der Waals surface area contributed by atoms with Gasteiger partial charge in [0.1, 0.15) is 5.75 Å². The number of benzene rings is 2. The highest BCUT2D eigenvalue weighted by atomic mass is 32.2. The fraction of sp³-hybridized carbons (Fsp3) is 0.250. The Morgan fingerprint density at radius 3 is 2.79 bits per heavy atom. The van der Waals surface area contributed by atoms with E-state index in [0.717, 1.165) is 20.9 Å². The maximum atomic E-state index is 12.6. The Labute approximate surface area is 171 Å². The number of amides is 2. The van der Waals surface area contributed by atoms with Crippen LogP contribution in [0.5, 0.6) is 5.75 Å². The zero-order chi connectivity index (χ0) is 20.1. The first-order chi connectivity index (χ1) is 13.4. The Bertz CT molecular complexity index is 1000. The highest BCUT2D eigenvalue weighted by molar-refractivity contribution is 8.00. The van der Waals surface area contributed by atoms with Crippen molar-refractivity contribution in [3.63, 3.8) is 0 Å². The topological polar surface area (TPSA) is 80.3 Å². The molecule has 2 aromatic carbocycles. The molecule has 3 aromatic rings. The first-order valence-electron chi connectivity index (χ1n) is 8.83. The van der Waals surface area contributed by atoms with Crippen molar-refractivity contribution in [1.29, 1.82) is 0 Å². The van der Waals surface area contributed by atoms with Crippen LogP contribution in [-0.4, -0.2) is 28.7 Å². The molecule has 1 unspecified atom stereocenters. The molecule has 1 aromatic heterocycles. The zero-order valence-electron chi connectivity index (χ0n) is 15.8. The van der Waals surface area contributed by atoms with Gasteiger partial charge >= 0.3 is 0 Å². The van der Waals surface area contributed by atoms with Gasteiger partial charge in [0.2, 0.25) is 11.8 Å². The highest BCUT2D eigenvalue weighted by Crippen LogP contribution is 2.31. The van der Waals surface area contributed by atoms with Crippen molar-refractivity contribution in [2.75, 3.05) is 17.2 Å². The van der Waals surface area contributed by atoms with Gasteiger partial charge in [-0.3, -0.25) is 9.59 Å². The minimum Gasteiger partial charge on any atom is -0.494 e. The van der Waals surface area contributed by atoms with Gasteiger partial charge in [-0.25, -0.2) is 4.98 Å². The Balaban J connectivity index is 1.65. The lowest BCUT2D eigenvalue weighted by Crippen LogP contribution is -2.22. The number of hydrogen-bond donors (Lipinski definition) is 2. The Morgan fingerprint density at radius 2 is 2.04 bits per heavy atom. The number of ether oxygens (including phenoxy) is 1. The minimum absolute atomic E-state index is 0.126. The van der Waals surface area contributed by atoms with Crippen LogP contribution in [0.4, 0.5) is 10.8 Å². The van der Waals surface area contributed by atoms with Crippen LogP contribution >= 0.6 is 23.1 Å². The molecule has 0 saturated carbocycles. The van der Waals surface area contributed by atoms with Crippen LogP contribution in [0, 0.1) is 0 Å². The fourth-order valence-electron chi connectivity index (χ4n) is 2.53. The molecule has 1 heterocycles. The summed E-state index contributed by atoms with van der Waals surface area (Å²) in [5.41, 5.74) is 1.54. The quantitative estimate of drug-likeness (QED) is 0.543. The maximum Gasteiger partial charge on any atom is 0.239 e. The summed E-state index contributed by atoms with van der Waals surface area (Å²) >= 11 is 2.84. The molecule has 6 nitrogen and oxygen atoms in total. The van der Waals surface area contributed by atoms with E-state index < -0.39 is 0 Å². The number of hydrogen-bond acceptors (Lipinski definition) is 6. The Morgan fingerprint density at radius 1 is 1.21 bits per heavy atom. The van der Waals surface area contributed by atoms with E-state index >= 15 is 0 Å². The van der Waals surface area contributed by atoms with Crippen LogP contribution in [0.1, 0.15) is 20.8 Å². The van der Waals surface area contributed by atoms with Gasteiger partial charge < -0.3 is 15.4 Å². The van der Waals surface area contributed by atoms with Gasteiger partial charge in [-0.2, -0.15) is 0 Å². The van der Waals surface area contributed by atoms with Crippen LogP contribution in [0.2, 0.25) is 0 Å². The summed E-state index contributed by atoms with van der Waals surface area (Å²) in [6.45, 7) is 5.84. The molecule has 1 atom stereocenters. The third kappa shape index (κ3) is 5.24. The summed E-state index contributed by atoms with van der Waals surface area (Å²) in [4.78, 5) is 29.1. The Kier molecular flexibility index (Phi) is 6.53. The highest BCUT2D eigenvalue weighted by Gasteiger charge is 2.17. The van der Waals surface area contributed by atoms with Gasteiger partial charge in [-0.05, 0) is 50.2 Å². The number of rotatable bonds is 7. The second kappa shape index (κ2) is 9.07. The SMILES string of the molecule is CCOc1ccc2nc(NC(=O)C(C)Sc3cccc(NC(C)=O)c3)sc2c1. The van der Waals surface area contributed by atoms with E-state index in [1.54, 1.807) is 0 Å². The van der Waals surface area contributed by atoms with Crippen molar-refractivity contribution in [1.82, 2.24) is 4.98 Å². The number of thioether (sulfide) groups is 1. The minimum atomic E-state index is -0.321. The molecule has 2 N–H and O–H groups in total. The van der Waals surface area contributed by atoms with Crippen molar-refractivity contribution in [2.45, 2.75) is 30.9 Å². The lowest BCUT2D eigenvalue weighted by molar-refractivity contribution is -0.115. The molecule has 3 rings (SSSR count). The van der Waals surface area contributed by atoms with Crippen molar-refractivity contribution in [2.24, 2.45) is 0 Å². The molecule has 0 radical (unpaired) electrons. The molecule has 0 saturated heterocycles. The summed E-state index contributed by atoms with van der Waals surface area (Å²) < 4.78 is 6.47. The number of nitrogens with zero attached hydrogens (tertiary/aromatic N) is 1. The van der Waals surface area contributed by atoms with Crippen LogP contribution in [0.25, 0.3) is 10.2 Å². The van der Waals surface area contributed by atoms with Gasteiger partial charge in [-0.15, -0.1) is 11.8 Å². The van der Waals surface area contributed by atoms with Crippen LogP contribution in [-0.2, 0) is 9.59 Å². The van der Waals surface area contributed by atoms with Gasteiger partial charge in [0, 0.05) is 17.5 Å². The summed E-state index contributed by atoms with van der Waals surface area (Å²) in [7, 11) is 0.